The molecule has 242 valence electrons. The van der Waals surface area contributed by atoms with Gasteiger partial charge in [0.2, 0.25) is 0 Å². The van der Waals surface area contributed by atoms with Gasteiger partial charge in [0.15, 0.2) is 0 Å². The van der Waals surface area contributed by atoms with Crippen molar-refractivity contribution in [2.24, 2.45) is 0 Å². The molecule has 1 heterocycles. The standard InChI is InChI=1S/C48H34N2O/c1-31-15-23-36(24-16-31)49(35-9-4-3-5-10-35)41-29-21-33-20-28-39-42(30-22-34-19-27-38(41)46(33)47(34)39)50(37-25-17-32(2)18-26-37)43-12-8-14-45-48(43)40-11-6-7-13-44(40)51-45/h3-30H,1-2H3. The number of para-hydroxylation sites is 2. The predicted molar refractivity (Wildman–Crippen MR) is 216 cm³/mol. The third-order valence-electron chi connectivity index (χ3n) is 10.3. The lowest BCUT2D eigenvalue weighted by Crippen LogP contribution is -2.11. The molecule has 0 saturated carbocycles. The van der Waals surface area contributed by atoms with Crippen LogP contribution in [0.25, 0.3) is 54.3 Å². The molecule has 10 aromatic rings. The molecule has 51 heavy (non-hydrogen) atoms. The van der Waals surface area contributed by atoms with E-state index in [-0.39, 0.29) is 0 Å². The van der Waals surface area contributed by atoms with Gasteiger partial charge in [-0.05, 0) is 102 Å². The molecule has 9 aromatic carbocycles. The van der Waals surface area contributed by atoms with Gasteiger partial charge in [0.05, 0.1) is 22.4 Å². The van der Waals surface area contributed by atoms with Crippen molar-refractivity contribution >= 4 is 88.4 Å². The Morgan fingerprint density at radius 2 is 0.843 bits per heavy atom. The number of fused-ring (bicyclic) bond motifs is 3. The summed E-state index contributed by atoms with van der Waals surface area (Å²) in [5.41, 5.74) is 11.0. The maximum absolute atomic E-state index is 6.40. The van der Waals surface area contributed by atoms with Gasteiger partial charge in [0.25, 0.3) is 0 Å². The highest BCUT2D eigenvalue weighted by Gasteiger charge is 2.23. The van der Waals surface area contributed by atoms with E-state index in [1.807, 2.05) is 6.07 Å². The van der Waals surface area contributed by atoms with Gasteiger partial charge in [-0.2, -0.15) is 0 Å². The summed E-state index contributed by atoms with van der Waals surface area (Å²) in [4.78, 5) is 4.80. The first-order valence-corrected chi connectivity index (χ1v) is 17.5. The molecule has 0 N–H and O–H groups in total. The predicted octanol–water partition coefficient (Wildman–Crippen LogP) is 14.0. The van der Waals surface area contributed by atoms with Crippen molar-refractivity contribution in [3.8, 4) is 0 Å². The zero-order valence-electron chi connectivity index (χ0n) is 28.5. The Kier molecular flexibility index (Phi) is 6.62. The lowest BCUT2D eigenvalue weighted by atomic mass is 9.91. The second kappa shape index (κ2) is 11.5. The molecule has 0 aliphatic carbocycles. The molecule has 1 aromatic heterocycles. The van der Waals surface area contributed by atoms with Crippen molar-refractivity contribution in [1.29, 1.82) is 0 Å². The number of aryl methyl sites for hydroxylation is 2. The lowest BCUT2D eigenvalue weighted by molar-refractivity contribution is 0.669. The quantitative estimate of drug-likeness (QED) is 0.166. The molecule has 0 spiro atoms. The maximum Gasteiger partial charge on any atom is 0.137 e. The first-order valence-electron chi connectivity index (χ1n) is 17.5. The molecule has 0 saturated heterocycles. The van der Waals surface area contributed by atoms with E-state index in [1.165, 1.54) is 43.4 Å². The van der Waals surface area contributed by atoms with Gasteiger partial charge in [-0.25, -0.2) is 0 Å². The van der Waals surface area contributed by atoms with Crippen molar-refractivity contribution in [2.45, 2.75) is 13.8 Å². The fraction of sp³-hybridized carbons (Fsp3) is 0.0417. The summed E-state index contributed by atoms with van der Waals surface area (Å²) in [6.45, 7) is 4.28. The SMILES string of the molecule is Cc1ccc(N(c2ccccc2)c2ccc3ccc4c(N(c5ccc(C)cc5)c5cccc6oc7ccccc7c56)ccc5ccc2c3c54)cc1. The van der Waals surface area contributed by atoms with E-state index in [1.54, 1.807) is 0 Å². The third kappa shape index (κ3) is 4.66. The van der Waals surface area contributed by atoms with E-state index in [2.05, 4.69) is 187 Å². The van der Waals surface area contributed by atoms with Gasteiger partial charge in [0, 0.05) is 33.2 Å². The van der Waals surface area contributed by atoms with Crippen molar-refractivity contribution < 1.29 is 4.42 Å². The van der Waals surface area contributed by atoms with Crippen LogP contribution in [0.2, 0.25) is 0 Å². The highest BCUT2D eigenvalue weighted by atomic mass is 16.3. The molecule has 0 amide bonds. The second-order valence-corrected chi connectivity index (χ2v) is 13.5. The molecule has 0 aliphatic heterocycles. The molecule has 3 nitrogen and oxygen atoms in total. The minimum absolute atomic E-state index is 0.880. The third-order valence-corrected chi connectivity index (χ3v) is 10.3. The minimum Gasteiger partial charge on any atom is -0.456 e. The molecule has 0 atom stereocenters. The summed E-state index contributed by atoms with van der Waals surface area (Å²) in [6, 6.07) is 61.4. The van der Waals surface area contributed by atoms with E-state index >= 15 is 0 Å². The minimum atomic E-state index is 0.880. The first kappa shape index (κ1) is 29.3. The number of rotatable bonds is 6. The van der Waals surface area contributed by atoms with Crippen LogP contribution in [0.5, 0.6) is 0 Å². The Labute approximate surface area is 296 Å². The van der Waals surface area contributed by atoms with Gasteiger partial charge < -0.3 is 14.2 Å². The van der Waals surface area contributed by atoms with Crippen molar-refractivity contribution in [2.75, 3.05) is 9.80 Å². The molecule has 0 bridgehead atoms. The Bertz CT molecular complexity index is 2870. The molecule has 3 heteroatoms. The van der Waals surface area contributed by atoms with Crippen LogP contribution in [0.1, 0.15) is 11.1 Å². The second-order valence-electron chi connectivity index (χ2n) is 13.5. The van der Waals surface area contributed by atoms with Crippen molar-refractivity contribution in [3.63, 3.8) is 0 Å². The lowest BCUT2D eigenvalue weighted by Gasteiger charge is -2.29. The molecular formula is C48H34N2O. The number of hydrogen-bond acceptors (Lipinski definition) is 3. The van der Waals surface area contributed by atoms with Crippen LogP contribution in [0.3, 0.4) is 0 Å². The van der Waals surface area contributed by atoms with Crippen LogP contribution >= 0.6 is 0 Å². The van der Waals surface area contributed by atoms with E-state index in [0.29, 0.717) is 0 Å². The summed E-state index contributed by atoms with van der Waals surface area (Å²) in [6.07, 6.45) is 0. The fourth-order valence-electron chi connectivity index (χ4n) is 7.90. The molecule has 0 fully saturated rings. The molecule has 0 unspecified atom stereocenters. The topological polar surface area (TPSA) is 19.6 Å². The normalized spacial score (nSPS) is 11.7. The highest BCUT2D eigenvalue weighted by Crippen LogP contribution is 2.49. The Morgan fingerprint density at radius 1 is 0.333 bits per heavy atom. The number of hydrogen-bond donors (Lipinski definition) is 0. The van der Waals surface area contributed by atoms with Crippen molar-refractivity contribution in [1.82, 2.24) is 0 Å². The zero-order valence-corrected chi connectivity index (χ0v) is 28.5. The van der Waals surface area contributed by atoms with Crippen LogP contribution in [0.15, 0.2) is 174 Å². The monoisotopic (exact) mass is 654 g/mol. The summed E-state index contributed by atoms with van der Waals surface area (Å²) in [5.74, 6) is 0. The van der Waals surface area contributed by atoms with Gasteiger partial charge in [0.1, 0.15) is 11.2 Å². The molecular weight excluding hydrogens is 621 g/mol. The van der Waals surface area contributed by atoms with Crippen LogP contribution in [0.4, 0.5) is 34.1 Å². The Balaban J connectivity index is 1.26. The number of nitrogens with zero attached hydrogens (tertiary/aromatic N) is 2. The van der Waals surface area contributed by atoms with E-state index < -0.39 is 0 Å². The van der Waals surface area contributed by atoms with Gasteiger partial charge in [-0.1, -0.05) is 114 Å². The zero-order chi connectivity index (χ0) is 34.1. The largest absolute Gasteiger partial charge is 0.456 e. The fourth-order valence-corrected chi connectivity index (χ4v) is 7.90. The summed E-state index contributed by atoms with van der Waals surface area (Å²) >= 11 is 0. The van der Waals surface area contributed by atoms with Crippen LogP contribution in [-0.2, 0) is 0 Å². The molecule has 0 radical (unpaired) electrons. The van der Waals surface area contributed by atoms with E-state index in [0.717, 1.165) is 56.1 Å². The summed E-state index contributed by atoms with van der Waals surface area (Å²) < 4.78 is 6.40. The average Bonchev–Trinajstić information content (AvgIpc) is 3.56. The van der Waals surface area contributed by atoms with Gasteiger partial charge >= 0.3 is 0 Å². The van der Waals surface area contributed by atoms with Crippen LogP contribution in [0, 0.1) is 13.8 Å². The summed E-state index contributed by atoms with van der Waals surface area (Å²) in [7, 11) is 0. The maximum atomic E-state index is 6.40. The van der Waals surface area contributed by atoms with Crippen LogP contribution in [-0.4, -0.2) is 0 Å². The number of furan rings is 1. The van der Waals surface area contributed by atoms with E-state index in [4.69, 9.17) is 4.42 Å². The number of anilines is 6. The average molecular weight is 655 g/mol. The van der Waals surface area contributed by atoms with Gasteiger partial charge in [-0.15, -0.1) is 0 Å². The Hall–Kier alpha value is -6.58. The summed E-state index contributed by atoms with van der Waals surface area (Å²) in [5, 5.41) is 9.63. The van der Waals surface area contributed by atoms with Crippen LogP contribution < -0.4 is 9.80 Å². The smallest absolute Gasteiger partial charge is 0.137 e. The highest BCUT2D eigenvalue weighted by molar-refractivity contribution is 6.28. The molecule has 10 rings (SSSR count). The van der Waals surface area contributed by atoms with Gasteiger partial charge in [-0.3, -0.25) is 0 Å². The number of benzene rings is 9. The molecule has 0 aliphatic rings. The van der Waals surface area contributed by atoms with E-state index in [9.17, 15) is 0 Å². The Morgan fingerprint density at radius 3 is 1.49 bits per heavy atom. The first-order chi connectivity index (χ1) is 25.1. The van der Waals surface area contributed by atoms with Crippen molar-refractivity contribution in [3.05, 3.63) is 181 Å².